The molecule has 0 atom stereocenters. The van der Waals surface area contributed by atoms with Crippen molar-refractivity contribution in [3.05, 3.63) is 0 Å². The molecule has 0 fully saturated rings. The van der Waals surface area contributed by atoms with Crippen molar-refractivity contribution < 1.29 is 25.7 Å². The van der Waals surface area contributed by atoms with Gasteiger partial charge in [-0.2, -0.15) is 0 Å². The van der Waals surface area contributed by atoms with E-state index in [9.17, 15) is 21.0 Å². The van der Waals surface area contributed by atoms with Crippen molar-refractivity contribution in [3.63, 3.8) is 0 Å². The van der Waals surface area contributed by atoms with Crippen LogP contribution in [0.15, 0.2) is 0 Å². The quantitative estimate of drug-likeness (QED) is 0.363. The van der Waals surface area contributed by atoms with E-state index in [4.69, 9.17) is 0 Å². The predicted molar refractivity (Wildman–Crippen MR) is 15.0 cm³/mol. The second kappa shape index (κ2) is 1.51. The molecule has 7 heteroatoms. The number of hydrogen-bond acceptors (Lipinski definition) is 0. The Labute approximate surface area is 35.2 Å². The van der Waals surface area contributed by atoms with Gasteiger partial charge in [0.05, 0.1) is 0 Å². The van der Waals surface area contributed by atoms with Crippen LogP contribution in [0.25, 0.3) is 0 Å². The molecule has 7 heavy (non-hydrogen) atoms. The van der Waals surface area contributed by atoms with Crippen LogP contribution in [0, 0.1) is 0 Å². The first-order chi connectivity index (χ1) is 2.24. The molecule has 0 aliphatic carbocycles. The summed E-state index contributed by atoms with van der Waals surface area (Å²) in [6.07, 6.45) is 0. The monoisotopic (exact) mass is 146 g/mol. The molecule has 0 saturated carbocycles. The molecular formula is HF6P. The van der Waals surface area contributed by atoms with Gasteiger partial charge in [0.2, 0.25) is 0 Å². The van der Waals surface area contributed by atoms with Crippen molar-refractivity contribution in [3.8, 4) is 0 Å². The van der Waals surface area contributed by atoms with Gasteiger partial charge >= 0.3 is 29.1 Å². The molecule has 0 unspecified atom stereocenters. The number of rotatable bonds is 0. The number of hydrogen-bond donors (Lipinski definition) is 0. The van der Waals surface area contributed by atoms with E-state index in [2.05, 4.69) is 0 Å². The van der Waals surface area contributed by atoms with Gasteiger partial charge in [-0.25, -0.2) is 0 Å². The van der Waals surface area contributed by atoms with Gasteiger partial charge in [-0.1, -0.05) is 0 Å². The average Bonchev–Trinajstić information content (AvgIpc) is 0.650. The van der Waals surface area contributed by atoms with Gasteiger partial charge in [0.15, 0.2) is 0 Å². The van der Waals surface area contributed by atoms with E-state index >= 15 is 0 Å². The van der Waals surface area contributed by atoms with Crippen molar-refractivity contribution >= 4 is 8.16 Å². The van der Waals surface area contributed by atoms with E-state index in [-0.39, 0.29) is 4.70 Å². The Bertz CT molecular complexity index is 37.4. The van der Waals surface area contributed by atoms with Crippen LogP contribution in [-0.4, -0.2) is 0 Å². The predicted octanol–water partition coefficient (Wildman–Crippen LogP) is 3.11. The second-order valence-corrected chi connectivity index (χ2v) is 1.92. The molecule has 0 nitrogen and oxygen atoms in total. The summed E-state index contributed by atoms with van der Waals surface area (Å²) in [7, 11) is -8.55. The third-order valence-corrected chi connectivity index (χ3v) is 0. The topological polar surface area (TPSA) is 0 Å². The van der Waals surface area contributed by atoms with E-state index in [1.54, 1.807) is 0 Å². The first-order valence-electron chi connectivity index (χ1n) is 0.845. The van der Waals surface area contributed by atoms with E-state index in [1.165, 1.54) is 0 Å². The molecule has 0 aliphatic heterocycles. The van der Waals surface area contributed by atoms with Gasteiger partial charge in [0.25, 0.3) is 0 Å². The standard InChI is InChI=1S/F5P.FH/c1-6(2,3,4)5;/h;1H. The maximum absolute atomic E-state index is 9.84. The average molecular weight is 146 g/mol. The maximum atomic E-state index is 9.84. The van der Waals surface area contributed by atoms with Gasteiger partial charge < -0.3 is 0 Å². The molecule has 0 heterocycles. The first-order valence-corrected chi connectivity index (χ1v) is 2.54. The molecule has 0 rings (SSSR count). The van der Waals surface area contributed by atoms with Crippen molar-refractivity contribution in [2.75, 3.05) is 0 Å². The van der Waals surface area contributed by atoms with Crippen LogP contribution in [0.5, 0.6) is 0 Å². The zero-order valence-corrected chi connectivity index (χ0v) is 3.64. The molecule has 0 spiro atoms. The van der Waals surface area contributed by atoms with Gasteiger partial charge in [-0.3, -0.25) is 4.70 Å². The minimum absolute atomic E-state index is 0. The van der Waals surface area contributed by atoms with Gasteiger partial charge in [0.1, 0.15) is 0 Å². The van der Waals surface area contributed by atoms with Gasteiger partial charge in [-0.05, 0) is 0 Å². The molecule has 0 saturated heterocycles. The van der Waals surface area contributed by atoms with E-state index in [0.717, 1.165) is 0 Å². The summed E-state index contributed by atoms with van der Waals surface area (Å²) in [5.41, 5.74) is 0. The van der Waals surface area contributed by atoms with Crippen molar-refractivity contribution in [1.29, 1.82) is 0 Å². The normalized spacial score (nSPS) is 16.4. The Morgan fingerprint density at radius 3 is 0.714 bits per heavy atom. The third kappa shape index (κ3) is 966000. The summed E-state index contributed by atoms with van der Waals surface area (Å²) in [5.74, 6) is 0. The Morgan fingerprint density at radius 1 is 0.714 bits per heavy atom. The fourth-order valence-electron chi connectivity index (χ4n) is 0. The van der Waals surface area contributed by atoms with Crippen LogP contribution in [0.3, 0.4) is 0 Å². The van der Waals surface area contributed by atoms with Crippen molar-refractivity contribution in [2.45, 2.75) is 0 Å². The summed E-state index contributed by atoms with van der Waals surface area (Å²) in [5, 5.41) is 0. The van der Waals surface area contributed by atoms with Crippen molar-refractivity contribution in [1.82, 2.24) is 0 Å². The summed E-state index contributed by atoms with van der Waals surface area (Å²) in [6, 6.07) is 0. The summed E-state index contributed by atoms with van der Waals surface area (Å²) >= 11 is 0. The van der Waals surface area contributed by atoms with E-state index in [1.807, 2.05) is 0 Å². The van der Waals surface area contributed by atoms with Crippen LogP contribution in [0.1, 0.15) is 0 Å². The molecule has 0 aromatic heterocycles. The molecule has 0 aromatic rings. The van der Waals surface area contributed by atoms with E-state index in [0.29, 0.717) is 0 Å². The number of halogens is 6. The fraction of sp³-hybridized carbons (Fsp3) is 0. The molecule has 0 amide bonds. The molecule has 0 radical (unpaired) electrons. The molecule has 0 bridgehead atoms. The Balaban J connectivity index is 0. The van der Waals surface area contributed by atoms with E-state index < -0.39 is 8.16 Å². The summed E-state index contributed by atoms with van der Waals surface area (Å²) in [6.45, 7) is 0. The second-order valence-electron chi connectivity index (χ2n) is 0.639. The summed E-state index contributed by atoms with van der Waals surface area (Å²) in [4.78, 5) is 0. The summed E-state index contributed by atoms with van der Waals surface area (Å²) < 4.78 is 49.2. The molecular weight excluding hydrogens is 145 g/mol. The Hall–Kier alpha value is 0.01000. The Morgan fingerprint density at radius 2 is 0.714 bits per heavy atom. The zero-order chi connectivity index (χ0) is 5.45. The first kappa shape index (κ1) is 10.1. The molecule has 0 N–H and O–H groups in total. The fourth-order valence-corrected chi connectivity index (χ4v) is 0. The van der Waals surface area contributed by atoms with Gasteiger partial charge in [-0.15, -0.1) is 0 Å². The van der Waals surface area contributed by atoms with Crippen molar-refractivity contribution in [2.24, 2.45) is 0 Å². The minimum atomic E-state index is -8.55. The molecule has 0 aliphatic rings. The Kier molecular flexibility index (Phi) is 2.17. The van der Waals surface area contributed by atoms with Crippen LogP contribution in [0.4, 0.5) is 25.7 Å². The SMILES string of the molecule is F.FP(F)(F)(F)F. The third-order valence-electron chi connectivity index (χ3n) is 0. The zero-order valence-electron chi connectivity index (χ0n) is 2.75. The van der Waals surface area contributed by atoms with Gasteiger partial charge in [0, 0.05) is 0 Å². The molecule has 48 valence electrons. The van der Waals surface area contributed by atoms with Crippen LogP contribution >= 0.6 is 8.16 Å². The van der Waals surface area contributed by atoms with Crippen LogP contribution in [-0.2, 0) is 0 Å². The molecule has 0 aromatic carbocycles. The van der Waals surface area contributed by atoms with Crippen LogP contribution < -0.4 is 0 Å². The van der Waals surface area contributed by atoms with Crippen LogP contribution in [0.2, 0.25) is 0 Å².